The molecule has 0 bridgehead atoms. The number of hydrogen-bond acceptors (Lipinski definition) is 4. The Morgan fingerprint density at radius 2 is 0.875 bits per heavy atom. The van der Waals surface area contributed by atoms with Crippen molar-refractivity contribution in [1.29, 1.82) is 0 Å². The smallest absolute Gasteiger partial charge is 0.128 e. The molecule has 2 nitrogen and oxygen atoms in total. The third kappa shape index (κ3) is 4.98. The van der Waals surface area contributed by atoms with Gasteiger partial charge in [0.15, 0.2) is 0 Å². The highest BCUT2D eigenvalue weighted by Crippen LogP contribution is 2.49. The summed E-state index contributed by atoms with van der Waals surface area (Å²) in [4.78, 5) is 4.63. The molecule has 0 N–H and O–H groups in total. The molecule has 0 aliphatic heterocycles. The third-order valence-corrected chi connectivity index (χ3v) is 7.30. The lowest BCUT2D eigenvalue weighted by Crippen LogP contribution is -1.96. The standard InChI is InChI=1S/C28H26O2S2/c1-19-11-15-21(16-12-19)31-25-9-5-7-23(29-3)27(25)28-24(30-4)8-6-10-26(28)32-22-17-13-20(2)14-18-22/h5-18H,1-4H3. The van der Waals surface area contributed by atoms with Crippen LogP contribution >= 0.6 is 23.5 Å². The Balaban J connectivity index is 1.86. The first-order valence-corrected chi connectivity index (χ1v) is 12.1. The second kappa shape index (κ2) is 10.2. The van der Waals surface area contributed by atoms with E-state index < -0.39 is 0 Å². The highest BCUT2D eigenvalue weighted by atomic mass is 32.2. The fourth-order valence-electron chi connectivity index (χ4n) is 3.49. The van der Waals surface area contributed by atoms with E-state index in [0.29, 0.717) is 0 Å². The van der Waals surface area contributed by atoms with Crippen LogP contribution in [0.25, 0.3) is 11.1 Å². The van der Waals surface area contributed by atoms with Crippen LogP contribution in [0.3, 0.4) is 0 Å². The lowest BCUT2D eigenvalue weighted by Gasteiger charge is -2.19. The highest BCUT2D eigenvalue weighted by Gasteiger charge is 2.21. The van der Waals surface area contributed by atoms with Gasteiger partial charge in [-0.3, -0.25) is 0 Å². The van der Waals surface area contributed by atoms with Crippen molar-refractivity contribution in [3.8, 4) is 22.6 Å². The summed E-state index contributed by atoms with van der Waals surface area (Å²) in [6, 6.07) is 29.6. The fraction of sp³-hybridized carbons (Fsp3) is 0.143. The number of ether oxygens (including phenoxy) is 2. The molecule has 4 aromatic carbocycles. The van der Waals surface area contributed by atoms with E-state index in [1.807, 2.05) is 24.3 Å². The molecule has 0 amide bonds. The Morgan fingerprint density at radius 1 is 0.500 bits per heavy atom. The van der Waals surface area contributed by atoms with Gasteiger partial charge in [-0.2, -0.15) is 0 Å². The zero-order chi connectivity index (χ0) is 22.5. The predicted molar refractivity (Wildman–Crippen MR) is 136 cm³/mol. The molecule has 0 aromatic heterocycles. The molecule has 0 unspecified atom stereocenters. The quantitative estimate of drug-likeness (QED) is 0.277. The predicted octanol–water partition coefficient (Wildman–Crippen LogP) is 8.29. The van der Waals surface area contributed by atoms with Crippen molar-refractivity contribution >= 4 is 23.5 Å². The molecular formula is C28H26O2S2. The van der Waals surface area contributed by atoms with Gasteiger partial charge in [0, 0.05) is 30.7 Å². The van der Waals surface area contributed by atoms with E-state index in [1.165, 1.54) is 20.9 Å². The number of aryl methyl sites for hydroxylation is 2. The van der Waals surface area contributed by atoms with Gasteiger partial charge in [-0.1, -0.05) is 71.0 Å². The molecule has 4 aromatic rings. The summed E-state index contributed by atoms with van der Waals surface area (Å²) >= 11 is 3.48. The van der Waals surface area contributed by atoms with Gasteiger partial charge in [0.2, 0.25) is 0 Å². The number of hydrogen-bond donors (Lipinski definition) is 0. The molecule has 0 heterocycles. The number of methoxy groups -OCH3 is 2. The Bertz CT molecular complexity index is 1100. The minimum absolute atomic E-state index is 0.831. The molecule has 162 valence electrons. The first kappa shape index (κ1) is 22.4. The van der Waals surface area contributed by atoms with E-state index in [1.54, 1.807) is 37.7 Å². The lowest BCUT2D eigenvalue weighted by atomic mass is 10.0. The number of rotatable bonds is 7. The summed E-state index contributed by atoms with van der Waals surface area (Å²) in [5, 5.41) is 0. The van der Waals surface area contributed by atoms with Crippen LogP contribution in [0, 0.1) is 13.8 Å². The van der Waals surface area contributed by atoms with Crippen LogP contribution < -0.4 is 9.47 Å². The zero-order valence-corrected chi connectivity index (χ0v) is 20.3. The summed E-state index contributed by atoms with van der Waals surface area (Å²) in [5.41, 5.74) is 4.60. The summed E-state index contributed by atoms with van der Waals surface area (Å²) in [7, 11) is 3.45. The Labute approximate surface area is 199 Å². The van der Waals surface area contributed by atoms with E-state index in [-0.39, 0.29) is 0 Å². The zero-order valence-electron chi connectivity index (χ0n) is 18.7. The molecule has 0 saturated heterocycles. The van der Waals surface area contributed by atoms with Gasteiger partial charge in [-0.25, -0.2) is 0 Å². The maximum Gasteiger partial charge on any atom is 0.128 e. The van der Waals surface area contributed by atoms with E-state index in [0.717, 1.165) is 32.4 Å². The van der Waals surface area contributed by atoms with Crippen LogP contribution in [-0.4, -0.2) is 14.2 Å². The summed E-state index contributed by atoms with van der Waals surface area (Å²) in [6.07, 6.45) is 0. The summed E-state index contributed by atoms with van der Waals surface area (Å²) < 4.78 is 11.7. The van der Waals surface area contributed by atoms with Crippen molar-refractivity contribution in [2.75, 3.05) is 14.2 Å². The van der Waals surface area contributed by atoms with Gasteiger partial charge in [-0.05, 0) is 62.4 Å². The maximum absolute atomic E-state index is 5.84. The first-order chi connectivity index (χ1) is 15.6. The topological polar surface area (TPSA) is 18.5 Å². The van der Waals surface area contributed by atoms with Crippen molar-refractivity contribution in [3.63, 3.8) is 0 Å². The Morgan fingerprint density at radius 3 is 1.22 bits per heavy atom. The fourth-order valence-corrected chi connectivity index (χ4v) is 5.45. The van der Waals surface area contributed by atoms with Crippen LogP contribution in [0.1, 0.15) is 11.1 Å². The van der Waals surface area contributed by atoms with Crippen LogP contribution in [-0.2, 0) is 0 Å². The minimum Gasteiger partial charge on any atom is -0.496 e. The van der Waals surface area contributed by atoms with Crippen LogP contribution in [0.4, 0.5) is 0 Å². The second-order valence-electron chi connectivity index (χ2n) is 7.50. The Kier molecular flexibility index (Phi) is 7.13. The molecule has 0 aliphatic carbocycles. The SMILES string of the molecule is COc1cccc(Sc2ccc(C)cc2)c1-c1c(OC)cccc1Sc1ccc(C)cc1. The van der Waals surface area contributed by atoms with Gasteiger partial charge in [0.05, 0.1) is 14.2 Å². The summed E-state index contributed by atoms with van der Waals surface area (Å²) in [5.74, 6) is 1.66. The van der Waals surface area contributed by atoms with Crippen molar-refractivity contribution in [2.24, 2.45) is 0 Å². The van der Waals surface area contributed by atoms with Crippen LogP contribution in [0.5, 0.6) is 11.5 Å². The molecule has 0 saturated carbocycles. The molecule has 32 heavy (non-hydrogen) atoms. The van der Waals surface area contributed by atoms with Gasteiger partial charge in [0.1, 0.15) is 11.5 Å². The molecule has 0 fully saturated rings. The molecule has 4 heteroatoms. The van der Waals surface area contributed by atoms with Crippen molar-refractivity contribution in [1.82, 2.24) is 0 Å². The van der Waals surface area contributed by atoms with Crippen LogP contribution in [0.15, 0.2) is 105 Å². The molecule has 0 atom stereocenters. The molecule has 4 rings (SSSR count). The Hall–Kier alpha value is -2.82. The largest absolute Gasteiger partial charge is 0.496 e. The van der Waals surface area contributed by atoms with E-state index in [2.05, 4.69) is 74.5 Å². The first-order valence-electron chi connectivity index (χ1n) is 10.4. The lowest BCUT2D eigenvalue weighted by molar-refractivity contribution is 0.408. The third-order valence-electron chi connectivity index (χ3n) is 5.16. The van der Waals surface area contributed by atoms with Crippen molar-refractivity contribution in [2.45, 2.75) is 33.4 Å². The van der Waals surface area contributed by atoms with Crippen molar-refractivity contribution < 1.29 is 9.47 Å². The monoisotopic (exact) mass is 458 g/mol. The van der Waals surface area contributed by atoms with Gasteiger partial charge >= 0.3 is 0 Å². The van der Waals surface area contributed by atoms with Gasteiger partial charge in [-0.15, -0.1) is 0 Å². The highest BCUT2D eigenvalue weighted by molar-refractivity contribution is 8.00. The molecule has 0 radical (unpaired) electrons. The van der Waals surface area contributed by atoms with E-state index in [9.17, 15) is 0 Å². The molecule has 0 spiro atoms. The normalized spacial score (nSPS) is 10.8. The van der Waals surface area contributed by atoms with E-state index >= 15 is 0 Å². The van der Waals surface area contributed by atoms with E-state index in [4.69, 9.17) is 9.47 Å². The molecule has 0 aliphatic rings. The number of benzene rings is 4. The average Bonchev–Trinajstić information content (AvgIpc) is 2.82. The van der Waals surface area contributed by atoms with Gasteiger partial charge in [0.25, 0.3) is 0 Å². The van der Waals surface area contributed by atoms with Crippen LogP contribution in [0.2, 0.25) is 0 Å². The second-order valence-corrected chi connectivity index (χ2v) is 9.73. The average molecular weight is 459 g/mol. The van der Waals surface area contributed by atoms with Gasteiger partial charge < -0.3 is 9.47 Å². The molecular weight excluding hydrogens is 432 g/mol. The maximum atomic E-state index is 5.84. The summed E-state index contributed by atoms with van der Waals surface area (Å²) in [6.45, 7) is 4.21. The van der Waals surface area contributed by atoms with Crippen molar-refractivity contribution in [3.05, 3.63) is 96.1 Å². The minimum atomic E-state index is 0.831.